The largest absolute Gasteiger partial charge is 0.493 e. The molecule has 3 rings (SSSR count). The molecule has 0 radical (unpaired) electrons. The fourth-order valence-electron chi connectivity index (χ4n) is 4.42. The van der Waals surface area contributed by atoms with E-state index in [9.17, 15) is 4.79 Å². The van der Waals surface area contributed by atoms with Crippen LogP contribution in [0.15, 0.2) is 18.2 Å². The van der Waals surface area contributed by atoms with Crippen LogP contribution in [0, 0.1) is 5.92 Å². The first-order valence-corrected chi connectivity index (χ1v) is 11.5. The smallest absolute Gasteiger partial charge is 0.220 e. The number of benzene rings is 1. The maximum atomic E-state index is 12.3. The summed E-state index contributed by atoms with van der Waals surface area (Å²) in [6, 6.07) is 6.40. The third kappa shape index (κ3) is 7.99. The molecule has 1 aliphatic carbocycles. The highest BCUT2D eigenvalue weighted by Gasteiger charge is 2.19. The molecular weight excluding hydrogens is 400 g/mol. The Morgan fingerprint density at radius 2 is 1.83 bits per heavy atom. The van der Waals surface area contributed by atoms with Gasteiger partial charge in [0.1, 0.15) is 6.61 Å². The van der Waals surface area contributed by atoms with Crippen LogP contribution in [0.25, 0.3) is 0 Å². The fraction of sp³-hybridized carbons (Fsp3) is 0.708. The Morgan fingerprint density at radius 3 is 2.53 bits per heavy atom. The van der Waals surface area contributed by atoms with Gasteiger partial charge in [0.2, 0.25) is 5.91 Å². The van der Waals surface area contributed by atoms with Gasteiger partial charge in [-0.15, -0.1) is 12.4 Å². The highest BCUT2D eigenvalue weighted by atomic mass is 35.5. The predicted octanol–water partition coefficient (Wildman–Crippen LogP) is 4.61. The number of rotatable bonds is 9. The topological polar surface area (TPSA) is 50.8 Å². The van der Waals surface area contributed by atoms with Crippen LogP contribution in [0.4, 0.5) is 0 Å². The van der Waals surface area contributed by atoms with Crippen LogP contribution in [0.1, 0.15) is 63.9 Å². The molecule has 1 aromatic rings. The number of hydrogen-bond donors (Lipinski definition) is 1. The van der Waals surface area contributed by atoms with E-state index in [1.807, 2.05) is 18.2 Å². The minimum atomic E-state index is 0. The van der Waals surface area contributed by atoms with Crippen molar-refractivity contribution in [3.8, 4) is 11.5 Å². The average Bonchev–Trinajstić information content (AvgIpc) is 2.75. The molecule has 30 heavy (non-hydrogen) atoms. The van der Waals surface area contributed by atoms with Gasteiger partial charge in [-0.1, -0.05) is 19.4 Å². The van der Waals surface area contributed by atoms with E-state index in [1.165, 1.54) is 45.2 Å². The molecule has 0 spiro atoms. The molecule has 0 atom stereocenters. The van der Waals surface area contributed by atoms with Crippen molar-refractivity contribution < 1.29 is 14.3 Å². The van der Waals surface area contributed by atoms with E-state index in [0.717, 1.165) is 48.8 Å². The molecule has 1 heterocycles. The van der Waals surface area contributed by atoms with Gasteiger partial charge >= 0.3 is 0 Å². The molecule has 0 unspecified atom stereocenters. The summed E-state index contributed by atoms with van der Waals surface area (Å²) in [5, 5.41) is 3.21. The SMILES string of the molecule is COc1cc(CCC(=O)N[C@H]2CC[C@H](C)CC2)ccc1OCCN1CCCCC1.Cl. The third-order valence-electron chi connectivity index (χ3n) is 6.36. The summed E-state index contributed by atoms with van der Waals surface area (Å²) in [4.78, 5) is 14.8. The number of nitrogens with one attached hydrogen (secondary N) is 1. The first-order chi connectivity index (χ1) is 14.1. The molecule has 170 valence electrons. The molecular formula is C24H39ClN2O3. The normalized spacial score (nSPS) is 22.1. The second kappa shape index (κ2) is 13.1. The highest BCUT2D eigenvalue weighted by molar-refractivity contribution is 5.85. The van der Waals surface area contributed by atoms with Gasteiger partial charge in [-0.2, -0.15) is 0 Å². The monoisotopic (exact) mass is 438 g/mol. The Balaban J connectivity index is 0.00000320. The summed E-state index contributed by atoms with van der Waals surface area (Å²) in [6.45, 7) is 6.30. The second-order valence-electron chi connectivity index (χ2n) is 8.76. The van der Waals surface area contributed by atoms with Crippen LogP contribution in [0.5, 0.6) is 11.5 Å². The minimum absolute atomic E-state index is 0. The lowest BCUT2D eigenvalue weighted by Gasteiger charge is -2.27. The number of aryl methyl sites for hydroxylation is 1. The molecule has 1 saturated heterocycles. The van der Waals surface area contributed by atoms with Gasteiger partial charge in [0.15, 0.2) is 11.5 Å². The summed E-state index contributed by atoms with van der Waals surface area (Å²) in [5.74, 6) is 2.50. The van der Waals surface area contributed by atoms with Crippen molar-refractivity contribution in [2.24, 2.45) is 5.92 Å². The number of ether oxygens (including phenoxy) is 2. The van der Waals surface area contributed by atoms with Gasteiger partial charge in [-0.25, -0.2) is 0 Å². The van der Waals surface area contributed by atoms with Crippen LogP contribution in [0.2, 0.25) is 0 Å². The van der Waals surface area contributed by atoms with E-state index in [-0.39, 0.29) is 18.3 Å². The van der Waals surface area contributed by atoms with E-state index in [0.29, 0.717) is 19.1 Å². The molecule has 6 heteroatoms. The number of carbonyl (C=O) groups is 1. The molecule has 2 fully saturated rings. The maximum absolute atomic E-state index is 12.3. The number of hydrogen-bond acceptors (Lipinski definition) is 4. The number of halogens is 1. The van der Waals surface area contributed by atoms with E-state index in [1.54, 1.807) is 7.11 Å². The summed E-state index contributed by atoms with van der Waals surface area (Å²) < 4.78 is 11.5. The molecule has 1 amide bonds. The Kier molecular flexibility index (Phi) is 10.8. The van der Waals surface area contributed by atoms with Gasteiger partial charge < -0.3 is 14.8 Å². The highest BCUT2D eigenvalue weighted by Crippen LogP contribution is 2.29. The Bertz CT molecular complexity index is 641. The zero-order valence-electron chi connectivity index (χ0n) is 18.7. The van der Waals surface area contributed by atoms with E-state index >= 15 is 0 Å². The van der Waals surface area contributed by atoms with Crippen molar-refractivity contribution in [1.82, 2.24) is 10.2 Å². The summed E-state index contributed by atoms with van der Waals surface area (Å²) >= 11 is 0. The molecule has 5 nitrogen and oxygen atoms in total. The summed E-state index contributed by atoms with van der Waals surface area (Å²) in [7, 11) is 1.67. The van der Waals surface area contributed by atoms with Gasteiger partial charge in [0, 0.05) is 19.0 Å². The molecule has 0 aromatic heterocycles. The van der Waals surface area contributed by atoms with Crippen molar-refractivity contribution in [3.05, 3.63) is 23.8 Å². The zero-order valence-corrected chi connectivity index (χ0v) is 19.5. The van der Waals surface area contributed by atoms with Crippen LogP contribution in [-0.4, -0.2) is 50.2 Å². The number of piperidine rings is 1. The predicted molar refractivity (Wildman–Crippen MR) is 124 cm³/mol. The summed E-state index contributed by atoms with van der Waals surface area (Å²) in [5.41, 5.74) is 1.11. The lowest BCUT2D eigenvalue weighted by atomic mass is 9.87. The van der Waals surface area contributed by atoms with Crippen LogP contribution < -0.4 is 14.8 Å². The Labute approximate surface area is 188 Å². The molecule has 1 saturated carbocycles. The number of amides is 1. The first-order valence-electron chi connectivity index (χ1n) is 11.5. The lowest BCUT2D eigenvalue weighted by molar-refractivity contribution is -0.122. The second-order valence-corrected chi connectivity index (χ2v) is 8.76. The van der Waals surface area contributed by atoms with Crippen molar-refractivity contribution in [2.75, 3.05) is 33.4 Å². The van der Waals surface area contributed by atoms with Crippen molar-refractivity contribution in [3.63, 3.8) is 0 Å². The van der Waals surface area contributed by atoms with Crippen molar-refractivity contribution in [2.45, 2.75) is 70.8 Å². The van der Waals surface area contributed by atoms with Crippen LogP contribution in [0.3, 0.4) is 0 Å². The number of carbonyl (C=O) groups excluding carboxylic acids is 1. The van der Waals surface area contributed by atoms with E-state index < -0.39 is 0 Å². The van der Waals surface area contributed by atoms with Gasteiger partial charge in [-0.3, -0.25) is 9.69 Å². The maximum Gasteiger partial charge on any atom is 0.220 e. The van der Waals surface area contributed by atoms with Crippen LogP contribution in [-0.2, 0) is 11.2 Å². The molecule has 1 aromatic carbocycles. The first kappa shape index (κ1) is 24.8. The Hall–Kier alpha value is -1.46. The van der Waals surface area contributed by atoms with E-state index in [4.69, 9.17) is 9.47 Å². The number of likely N-dealkylation sites (tertiary alicyclic amines) is 1. The van der Waals surface area contributed by atoms with Gasteiger partial charge in [-0.05, 0) is 81.6 Å². The van der Waals surface area contributed by atoms with Gasteiger partial charge in [0.25, 0.3) is 0 Å². The number of methoxy groups -OCH3 is 1. The van der Waals surface area contributed by atoms with Crippen molar-refractivity contribution >= 4 is 18.3 Å². The average molecular weight is 439 g/mol. The fourth-order valence-corrected chi connectivity index (χ4v) is 4.42. The van der Waals surface area contributed by atoms with Crippen LogP contribution >= 0.6 is 12.4 Å². The Morgan fingerprint density at radius 1 is 1.10 bits per heavy atom. The standard InChI is InChI=1S/C24H38N2O3.ClH/c1-19-6-10-21(11-7-19)25-24(27)13-9-20-8-12-22(23(18-20)28-2)29-17-16-26-14-4-3-5-15-26;/h8,12,18-19,21H,3-7,9-11,13-17H2,1-2H3,(H,25,27);1H/t19-,21-;. The lowest BCUT2D eigenvalue weighted by Crippen LogP contribution is -2.37. The van der Waals surface area contributed by atoms with Gasteiger partial charge in [0.05, 0.1) is 7.11 Å². The molecule has 0 bridgehead atoms. The minimum Gasteiger partial charge on any atom is -0.493 e. The number of nitrogens with zero attached hydrogens (tertiary/aromatic N) is 1. The third-order valence-corrected chi connectivity index (χ3v) is 6.36. The van der Waals surface area contributed by atoms with E-state index in [2.05, 4.69) is 17.1 Å². The molecule has 1 N–H and O–H groups in total. The van der Waals surface area contributed by atoms with Crippen molar-refractivity contribution in [1.29, 1.82) is 0 Å². The quantitative estimate of drug-likeness (QED) is 0.611. The molecule has 1 aliphatic heterocycles. The molecule has 2 aliphatic rings. The zero-order chi connectivity index (χ0) is 20.5. The summed E-state index contributed by atoms with van der Waals surface area (Å²) in [6.07, 6.45) is 9.86.